The molecule has 1 rings (SSSR count). The SMILES string of the molecule is CCNC(=O)CN(CC)Cc1cc(F)c(O)c(F)c1. The number of rotatable bonds is 6. The van der Waals surface area contributed by atoms with Crippen LogP contribution in [0.3, 0.4) is 0 Å². The third kappa shape index (κ3) is 4.48. The lowest BCUT2D eigenvalue weighted by Gasteiger charge is -2.20. The number of nitrogens with one attached hydrogen (secondary N) is 1. The monoisotopic (exact) mass is 272 g/mol. The maximum Gasteiger partial charge on any atom is 0.234 e. The number of nitrogens with zero attached hydrogens (tertiary/aromatic N) is 1. The number of benzene rings is 1. The molecule has 0 saturated carbocycles. The molecule has 0 unspecified atom stereocenters. The van der Waals surface area contributed by atoms with E-state index in [1.54, 1.807) is 4.90 Å². The topological polar surface area (TPSA) is 52.6 Å². The van der Waals surface area contributed by atoms with Crippen molar-refractivity contribution in [1.82, 2.24) is 10.2 Å². The number of carbonyl (C=O) groups is 1. The molecule has 6 heteroatoms. The molecular weight excluding hydrogens is 254 g/mol. The number of likely N-dealkylation sites (N-methyl/N-ethyl adjacent to an activating group) is 2. The number of hydrogen-bond acceptors (Lipinski definition) is 3. The molecule has 0 aliphatic rings. The highest BCUT2D eigenvalue weighted by Gasteiger charge is 2.13. The van der Waals surface area contributed by atoms with Crippen molar-refractivity contribution in [2.75, 3.05) is 19.6 Å². The maximum atomic E-state index is 13.2. The Hall–Kier alpha value is -1.69. The first-order valence-corrected chi connectivity index (χ1v) is 6.13. The van der Waals surface area contributed by atoms with E-state index in [9.17, 15) is 13.6 Å². The van der Waals surface area contributed by atoms with Gasteiger partial charge in [-0.05, 0) is 31.2 Å². The number of carbonyl (C=O) groups excluding carboxylic acids is 1. The smallest absolute Gasteiger partial charge is 0.234 e. The Balaban J connectivity index is 2.73. The molecule has 1 aromatic rings. The number of phenols is 1. The van der Waals surface area contributed by atoms with Crippen LogP contribution in [-0.2, 0) is 11.3 Å². The molecule has 1 aromatic carbocycles. The number of amides is 1. The molecule has 1 amide bonds. The Morgan fingerprint density at radius 1 is 1.32 bits per heavy atom. The summed E-state index contributed by atoms with van der Waals surface area (Å²) in [5.74, 6) is -3.10. The molecule has 19 heavy (non-hydrogen) atoms. The van der Waals surface area contributed by atoms with Crippen molar-refractivity contribution in [3.05, 3.63) is 29.3 Å². The largest absolute Gasteiger partial charge is 0.503 e. The number of aromatic hydroxyl groups is 1. The quantitative estimate of drug-likeness (QED) is 0.827. The van der Waals surface area contributed by atoms with Gasteiger partial charge in [0.25, 0.3) is 0 Å². The predicted octanol–water partition coefficient (Wildman–Crippen LogP) is 1.63. The lowest BCUT2D eigenvalue weighted by Crippen LogP contribution is -2.36. The van der Waals surface area contributed by atoms with E-state index < -0.39 is 17.4 Å². The fraction of sp³-hybridized carbons (Fsp3) is 0.462. The van der Waals surface area contributed by atoms with E-state index in [1.165, 1.54) is 0 Å². The van der Waals surface area contributed by atoms with Crippen LogP contribution in [0.25, 0.3) is 0 Å². The second-order valence-electron chi connectivity index (χ2n) is 4.16. The van der Waals surface area contributed by atoms with Crippen LogP contribution in [-0.4, -0.2) is 35.5 Å². The van der Waals surface area contributed by atoms with Gasteiger partial charge in [0.1, 0.15) is 0 Å². The van der Waals surface area contributed by atoms with E-state index in [0.717, 1.165) is 12.1 Å². The van der Waals surface area contributed by atoms with Crippen LogP contribution in [0.15, 0.2) is 12.1 Å². The van der Waals surface area contributed by atoms with Gasteiger partial charge < -0.3 is 10.4 Å². The van der Waals surface area contributed by atoms with Gasteiger partial charge in [0, 0.05) is 13.1 Å². The van der Waals surface area contributed by atoms with Gasteiger partial charge in [-0.15, -0.1) is 0 Å². The summed E-state index contributed by atoms with van der Waals surface area (Å²) >= 11 is 0. The van der Waals surface area contributed by atoms with Crippen LogP contribution in [0, 0.1) is 11.6 Å². The van der Waals surface area contributed by atoms with Gasteiger partial charge in [-0.1, -0.05) is 6.92 Å². The first kappa shape index (κ1) is 15.4. The minimum absolute atomic E-state index is 0.135. The average molecular weight is 272 g/mol. The summed E-state index contributed by atoms with van der Waals surface area (Å²) in [5, 5.41) is 11.7. The molecule has 0 bridgehead atoms. The van der Waals surface area contributed by atoms with Crippen molar-refractivity contribution in [2.24, 2.45) is 0 Å². The lowest BCUT2D eigenvalue weighted by molar-refractivity contribution is -0.122. The van der Waals surface area contributed by atoms with Crippen molar-refractivity contribution < 1.29 is 18.7 Å². The molecule has 0 saturated heterocycles. The Morgan fingerprint density at radius 3 is 2.37 bits per heavy atom. The van der Waals surface area contributed by atoms with Gasteiger partial charge in [-0.2, -0.15) is 0 Å². The van der Waals surface area contributed by atoms with E-state index >= 15 is 0 Å². The van der Waals surface area contributed by atoms with Gasteiger partial charge in [0.05, 0.1) is 6.54 Å². The van der Waals surface area contributed by atoms with E-state index in [-0.39, 0.29) is 19.0 Å². The molecule has 0 radical (unpaired) electrons. The van der Waals surface area contributed by atoms with Gasteiger partial charge in [-0.25, -0.2) is 8.78 Å². The van der Waals surface area contributed by atoms with Gasteiger partial charge in [0.2, 0.25) is 5.91 Å². The first-order chi connectivity index (χ1) is 8.97. The van der Waals surface area contributed by atoms with E-state index in [0.29, 0.717) is 18.7 Å². The number of halogens is 2. The minimum atomic E-state index is -0.996. The Kier molecular flexibility index (Phi) is 5.69. The van der Waals surface area contributed by atoms with Crippen molar-refractivity contribution in [1.29, 1.82) is 0 Å². The zero-order valence-corrected chi connectivity index (χ0v) is 11.0. The molecule has 0 aliphatic carbocycles. The molecule has 2 N–H and O–H groups in total. The molecule has 4 nitrogen and oxygen atoms in total. The molecule has 0 spiro atoms. The normalized spacial score (nSPS) is 10.8. The highest BCUT2D eigenvalue weighted by molar-refractivity contribution is 5.77. The third-order valence-corrected chi connectivity index (χ3v) is 2.67. The predicted molar refractivity (Wildman–Crippen MR) is 67.7 cm³/mol. The maximum absolute atomic E-state index is 13.2. The van der Waals surface area contributed by atoms with Crippen molar-refractivity contribution in [3.8, 4) is 5.75 Å². The van der Waals surface area contributed by atoms with E-state index in [2.05, 4.69) is 5.32 Å². The summed E-state index contributed by atoms with van der Waals surface area (Å²) in [6, 6.07) is 2.14. The third-order valence-electron chi connectivity index (χ3n) is 2.67. The van der Waals surface area contributed by atoms with E-state index in [1.807, 2.05) is 13.8 Å². The fourth-order valence-corrected chi connectivity index (χ4v) is 1.70. The summed E-state index contributed by atoms with van der Waals surface area (Å²) in [7, 11) is 0. The van der Waals surface area contributed by atoms with Crippen molar-refractivity contribution in [3.63, 3.8) is 0 Å². The van der Waals surface area contributed by atoms with Gasteiger partial charge in [-0.3, -0.25) is 9.69 Å². The van der Waals surface area contributed by atoms with Crippen LogP contribution in [0.1, 0.15) is 19.4 Å². The highest BCUT2D eigenvalue weighted by Crippen LogP contribution is 2.22. The Labute approximate surface area is 111 Å². The van der Waals surface area contributed by atoms with Crippen LogP contribution in [0.4, 0.5) is 8.78 Å². The van der Waals surface area contributed by atoms with Crippen LogP contribution in [0.2, 0.25) is 0 Å². The van der Waals surface area contributed by atoms with E-state index in [4.69, 9.17) is 5.11 Å². The molecular formula is C13H18F2N2O2. The zero-order valence-electron chi connectivity index (χ0n) is 11.0. The van der Waals surface area contributed by atoms with Gasteiger partial charge in [0.15, 0.2) is 17.4 Å². The highest BCUT2D eigenvalue weighted by atomic mass is 19.1. The summed E-state index contributed by atoms with van der Waals surface area (Å²) in [4.78, 5) is 13.2. The summed E-state index contributed by atoms with van der Waals surface area (Å²) in [6.45, 7) is 5.18. The zero-order chi connectivity index (χ0) is 14.4. The van der Waals surface area contributed by atoms with Crippen LogP contribution < -0.4 is 5.32 Å². The van der Waals surface area contributed by atoms with Crippen molar-refractivity contribution in [2.45, 2.75) is 20.4 Å². The molecule has 0 fully saturated rings. The summed E-state index contributed by atoms with van der Waals surface area (Å²) in [5.41, 5.74) is 0.374. The first-order valence-electron chi connectivity index (χ1n) is 6.13. The Bertz CT molecular complexity index is 429. The second-order valence-corrected chi connectivity index (χ2v) is 4.16. The minimum Gasteiger partial charge on any atom is -0.503 e. The molecule has 0 atom stereocenters. The van der Waals surface area contributed by atoms with Crippen LogP contribution in [0.5, 0.6) is 5.75 Å². The second kappa shape index (κ2) is 7.04. The molecule has 0 heterocycles. The summed E-state index contributed by atoms with van der Waals surface area (Å²) < 4.78 is 26.4. The fourth-order valence-electron chi connectivity index (χ4n) is 1.70. The van der Waals surface area contributed by atoms with Crippen LogP contribution >= 0.6 is 0 Å². The average Bonchev–Trinajstić information content (AvgIpc) is 2.35. The Morgan fingerprint density at radius 2 is 1.89 bits per heavy atom. The van der Waals surface area contributed by atoms with Gasteiger partial charge >= 0.3 is 0 Å². The standard InChI is InChI=1S/C13H18F2N2O2/c1-3-16-12(18)8-17(4-2)7-9-5-10(14)13(19)11(15)6-9/h5-6,19H,3-4,7-8H2,1-2H3,(H,16,18). The lowest BCUT2D eigenvalue weighted by atomic mass is 10.2. The summed E-state index contributed by atoms with van der Waals surface area (Å²) in [6.07, 6.45) is 0. The van der Waals surface area contributed by atoms with Crippen molar-refractivity contribution >= 4 is 5.91 Å². The number of hydrogen-bond donors (Lipinski definition) is 2. The number of phenolic OH excluding ortho intramolecular Hbond substituents is 1. The molecule has 0 aromatic heterocycles. The molecule has 106 valence electrons. The molecule has 0 aliphatic heterocycles.